The zero-order valence-electron chi connectivity index (χ0n) is 22.7. The molecule has 5 aromatic rings. The van der Waals surface area contributed by atoms with E-state index in [9.17, 15) is 17.6 Å². The molecule has 1 aromatic heterocycles. The fourth-order valence-electron chi connectivity index (χ4n) is 4.82. The second-order valence-corrected chi connectivity index (χ2v) is 11.5. The largest absolute Gasteiger partial charge is 0.455 e. The summed E-state index contributed by atoms with van der Waals surface area (Å²) in [6.45, 7) is 1.17. The molecule has 5 rings (SSSR count). The zero-order chi connectivity index (χ0) is 29.0. The van der Waals surface area contributed by atoms with Crippen molar-refractivity contribution in [3.05, 3.63) is 114 Å². The number of nitrogens with one attached hydrogen (secondary N) is 2. The van der Waals surface area contributed by atoms with Gasteiger partial charge in [0.15, 0.2) is 0 Å². The first-order chi connectivity index (χ1) is 19.8. The maximum atomic E-state index is 13.7. The van der Waals surface area contributed by atoms with Crippen molar-refractivity contribution in [2.24, 2.45) is 0 Å². The van der Waals surface area contributed by atoms with Gasteiger partial charge in [-0.1, -0.05) is 60.7 Å². The molecule has 0 aliphatic rings. The molecule has 7 nitrogen and oxygen atoms in total. The van der Waals surface area contributed by atoms with Gasteiger partial charge < -0.3 is 15.1 Å². The standard InChI is InChI=1S/C32H30FN3O4S/c1-34-32(37)30-27-19-26(23-11-7-4-8-12-23)28(20-29(27)40-31(30)24-13-15-25(33)16-14-24)36(41(2,38)39)18-17-35-21-22-9-5-3-6-10-22/h3-16,19-20,35H,17-18,21H2,1-2H3,(H,34,37). The Labute approximate surface area is 238 Å². The highest BCUT2D eigenvalue weighted by atomic mass is 32.2. The van der Waals surface area contributed by atoms with Gasteiger partial charge in [0.1, 0.15) is 17.2 Å². The molecule has 2 N–H and O–H groups in total. The Kier molecular flexibility index (Phi) is 8.19. The van der Waals surface area contributed by atoms with Gasteiger partial charge in [-0.15, -0.1) is 0 Å². The second kappa shape index (κ2) is 12.0. The third-order valence-electron chi connectivity index (χ3n) is 6.78. The molecule has 4 aromatic carbocycles. The van der Waals surface area contributed by atoms with Crippen LogP contribution in [0.5, 0.6) is 0 Å². The third-order valence-corrected chi connectivity index (χ3v) is 7.96. The van der Waals surface area contributed by atoms with Gasteiger partial charge in [-0.2, -0.15) is 0 Å². The lowest BCUT2D eigenvalue weighted by molar-refractivity contribution is 0.0964. The molecule has 0 saturated carbocycles. The number of anilines is 1. The summed E-state index contributed by atoms with van der Waals surface area (Å²) >= 11 is 0. The molecule has 1 heterocycles. The van der Waals surface area contributed by atoms with E-state index in [1.54, 1.807) is 24.3 Å². The van der Waals surface area contributed by atoms with E-state index >= 15 is 0 Å². The fraction of sp³-hybridized carbons (Fsp3) is 0.156. The van der Waals surface area contributed by atoms with Crippen LogP contribution in [0.2, 0.25) is 0 Å². The molecule has 0 aliphatic carbocycles. The number of amides is 1. The summed E-state index contributed by atoms with van der Waals surface area (Å²) < 4.78 is 47.6. The fourth-order valence-corrected chi connectivity index (χ4v) is 5.75. The van der Waals surface area contributed by atoms with Crippen molar-refractivity contribution in [2.75, 3.05) is 30.7 Å². The number of sulfonamides is 1. The van der Waals surface area contributed by atoms with Gasteiger partial charge >= 0.3 is 0 Å². The van der Waals surface area contributed by atoms with Crippen LogP contribution in [0.15, 0.2) is 101 Å². The number of nitrogens with zero attached hydrogens (tertiary/aromatic N) is 1. The van der Waals surface area contributed by atoms with Gasteiger partial charge in [0.05, 0.1) is 17.5 Å². The molecule has 0 bridgehead atoms. The van der Waals surface area contributed by atoms with Gasteiger partial charge in [-0.05, 0) is 41.5 Å². The number of furan rings is 1. The maximum absolute atomic E-state index is 13.7. The first-order valence-electron chi connectivity index (χ1n) is 13.1. The van der Waals surface area contributed by atoms with E-state index < -0.39 is 15.8 Å². The van der Waals surface area contributed by atoms with Gasteiger partial charge in [0.25, 0.3) is 5.91 Å². The van der Waals surface area contributed by atoms with E-state index in [1.807, 2.05) is 60.7 Å². The number of rotatable bonds is 10. The molecule has 41 heavy (non-hydrogen) atoms. The summed E-state index contributed by atoms with van der Waals surface area (Å²) in [5.74, 6) is -0.518. The van der Waals surface area contributed by atoms with Crippen LogP contribution in [0.4, 0.5) is 10.1 Å². The van der Waals surface area contributed by atoms with Gasteiger partial charge in [-0.25, -0.2) is 12.8 Å². The molecular weight excluding hydrogens is 541 g/mol. The topological polar surface area (TPSA) is 91.7 Å². The van der Waals surface area contributed by atoms with Crippen molar-refractivity contribution in [3.63, 3.8) is 0 Å². The number of hydrogen-bond acceptors (Lipinski definition) is 5. The lowest BCUT2D eigenvalue weighted by atomic mass is 9.98. The monoisotopic (exact) mass is 571 g/mol. The van der Waals surface area contributed by atoms with E-state index in [0.717, 1.165) is 11.1 Å². The predicted molar refractivity (Wildman–Crippen MR) is 161 cm³/mol. The summed E-state index contributed by atoms with van der Waals surface area (Å²) in [5, 5.41) is 6.50. The zero-order valence-corrected chi connectivity index (χ0v) is 23.5. The average molecular weight is 572 g/mol. The molecule has 0 atom stereocenters. The molecule has 0 saturated heterocycles. The SMILES string of the molecule is CNC(=O)c1c(-c2ccc(F)cc2)oc2cc(N(CCNCc3ccccc3)S(C)(=O)=O)c(-c3ccccc3)cc12. The Hall–Kier alpha value is -4.47. The Bertz CT molecular complexity index is 1770. The molecule has 9 heteroatoms. The quantitative estimate of drug-likeness (QED) is 0.206. The summed E-state index contributed by atoms with van der Waals surface area (Å²) in [5.41, 5.74) is 4.07. The van der Waals surface area contributed by atoms with Crippen LogP contribution < -0.4 is 14.9 Å². The van der Waals surface area contributed by atoms with E-state index in [0.29, 0.717) is 40.9 Å². The predicted octanol–water partition coefficient (Wildman–Crippen LogP) is 5.82. The van der Waals surface area contributed by atoms with Crippen LogP contribution in [0.3, 0.4) is 0 Å². The minimum atomic E-state index is -3.71. The van der Waals surface area contributed by atoms with Gasteiger partial charge in [0.2, 0.25) is 10.0 Å². The molecule has 0 fully saturated rings. The van der Waals surface area contributed by atoms with Crippen molar-refractivity contribution >= 4 is 32.6 Å². The summed E-state index contributed by atoms with van der Waals surface area (Å²) in [6.07, 6.45) is 1.17. The third kappa shape index (κ3) is 6.16. The molecule has 0 unspecified atom stereocenters. The number of halogens is 1. The number of carbonyl (C=O) groups is 1. The number of fused-ring (bicyclic) bond motifs is 1. The highest BCUT2D eigenvalue weighted by Crippen LogP contribution is 2.41. The summed E-state index contributed by atoms with van der Waals surface area (Å²) in [6, 6.07) is 28.4. The molecule has 0 spiro atoms. The van der Waals surface area contributed by atoms with Crippen molar-refractivity contribution in [3.8, 4) is 22.5 Å². The molecule has 0 radical (unpaired) electrons. The lowest BCUT2D eigenvalue weighted by Gasteiger charge is -2.25. The number of hydrogen-bond donors (Lipinski definition) is 2. The summed E-state index contributed by atoms with van der Waals surface area (Å²) in [7, 11) is -2.19. The summed E-state index contributed by atoms with van der Waals surface area (Å²) in [4.78, 5) is 13.1. The van der Waals surface area contributed by atoms with Crippen LogP contribution in [0, 0.1) is 5.82 Å². The Morgan fingerprint density at radius 2 is 1.56 bits per heavy atom. The molecule has 210 valence electrons. The van der Waals surface area contributed by atoms with Crippen LogP contribution in [0.1, 0.15) is 15.9 Å². The lowest BCUT2D eigenvalue weighted by Crippen LogP contribution is -2.36. The van der Waals surface area contributed by atoms with Crippen LogP contribution >= 0.6 is 0 Å². The molecule has 1 amide bonds. The van der Waals surface area contributed by atoms with Crippen molar-refractivity contribution < 1.29 is 22.0 Å². The molecule has 0 aliphatic heterocycles. The highest BCUT2D eigenvalue weighted by molar-refractivity contribution is 7.92. The minimum Gasteiger partial charge on any atom is -0.455 e. The number of benzene rings is 4. The highest BCUT2D eigenvalue weighted by Gasteiger charge is 2.27. The Morgan fingerprint density at radius 3 is 2.20 bits per heavy atom. The van der Waals surface area contributed by atoms with Gasteiger partial charge in [-0.3, -0.25) is 9.10 Å². The maximum Gasteiger partial charge on any atom is 0.255 e. The first kappa shape index (κ1) is 28.1. The van der Waals surface area contributed by atoms with Crippen LogP contribution in [0.25, 0.3) is 33.4 Å². The van der Waals surface area contributed by atoms with E-state index in [2.05, 4.69) is 10.6 Å². The minimum absolute atomic E-state index is 0.171. The second-order valence-electron chi connectivity index (χ2n) is 9.62. The van der Waals surface area contributed by atoms with Crippen LogP contribution in [-0.4, -0.2) is 40.7 Å². The first-order valence-corrected chi connectivity index (χ1v) is 15.0. The Morgan fingerprint density at radius 1 is 0.902 bits per heavy atom. The smallest absolute Gasteiger partial charge is 0.255 e. The average Bonchev–Trinajstić information content (AvgIpc) is 3.35. The van der Waals surface area contributed by atoms with Crippen molar-refractivity contribution in [1.29, 1.82) is 0 Å². The normalized spacial score (nSPS) is 11.5. The van der Waals surface area contributed by atoms with E-state index in [-0.39, 0.29) is 23.8 Å². The van der Waals surface area contributed by atoms with E-state index in [4.69, 9.17) is 4.42 Å². The van der Waals surface area contributed by atoms with Crippen molar-refractivity contribution in [1.82, 2.24) is 10.6 Å². The van der Waals surface area contributed by atoms with E-state index in [1.165, 1.54) is 29.7 Å². The van der Waals surface area contributed by atoms with Crippen LogP contribution in [-0.2, 0) is 16.6 Å². The van der Waals surface area contributed by atoms with Gasteiger partial charge in [0, 0.05) is 49.3 Å². The number of carbonyl (C=O) groups excluding carboxylic acids is 1. The molecular formula is C32H30FN3O4S. The Balaban J connectivity index is 1.64. The van der Waals surface area contributed by atoms with Crippen molar-refractivity contribution in [2.45, 2.75) is 6.54 Å².